The molecule has 1 aromatic carbocycles. The molecule has 29 heavy (non-hydrogen) atoms. The molecular formula is C20H22F3N3O3. The number of carbonyl (C=O) groups excluding carboxylic acids is 1. The number of unbranched alkanes of at least 4 members (excludes halogenated alkanes) is 2. The number of carbonyl (C=O) groups is 1. The first-order valence-electron chi connectivity index (χ1n) is 9.20. The van der Waals surface area contributed by atoms with E-state index in [9.17, 15) is 18.0 Å². The van der Waals surface area contributed by atoms with Crippen molar-refractivity contribution in [3.63, 3.8) is 0 Å². The second-order valence-corrected chi connectivity index (χ2v) is 6.09. The Balaban J connectivity index is 2.02. The minimum atomic E-state index is -4.46. The number of nitrogens with zero attached hydrogens (tertiary/aromatic N) is 3. The van der Waals surface area contributed by atoms with Gasteiger partial charge < -0.3 is 9.57 Å². The summed E-state index contributed by atoms with van der Waals surface area (Å²) in [6.07, 6.45) is 2.15. The molecule has 0 N–H and O–H groups in total. The Morgan fingerprint density at radius 2 is 1.86 bits per heavy atom. The zero-order valence-corrected chi connectivity index (χ0v) is 16.0. The summed E-state index contributed by atoms with van der Waals surface area (Å²) in [5.41, 5.74) is 0.118. The molecule has 0 spiro atoms. The molecule has 0 saturated heterocycles. The van der Waals surface area contributed by atoms with Crippen molar-refractivity contribution in [1.82, 2.24) is 9.97 Å². The second kappa shape index (κ2) is 11.1. The summed E-state index contributed by atoms with van der Waals surface area (Å²) in [6, 6.07) is 4.83. The maximum absolute atomic E-state index is 13.0. The van der Waals surface area contributed by atoms with Crippen LogP contribution in [-0.4, -0.2) is 34.9 Å². The standard InChI is InChI=1S/C20H22F3N3O3/c1-2-28-18(27)9-4-3-5-10-29-26-19(16-12-24-14-25-13-16)15-7-6-8-17(11-15)20(21,22)23/h6-8,11-14H,2-5,9-10H2,1H3/b26-19+. The third kappa shape index (κ3) is 7.52. The number of halogens is 3. The van der Waals surface area contributed by atoms with Gasteiger partial charge in [0.05, 0.1) is 12.2 Å². The predicted molar refractivity (Wildman–Crippen MR) is 100 cm³/mol. The van der Waals surface area contributed by atoms with Crippen molar-refractivity contribution in [2.45, 2.75) is 38.8 Å². The van der Waals surface area contributed by atoms with Crippen LogP contribution in [0, 0.1) is 0 Å². The molecule has 0 amide bonds. The number of hydrogen-bond donors (Lipinski definition) is 0. The van der Waals surface area contributed by atoms with Crippen molar-refractivity contribution in [1.29, 1.82) is 0 Å². The highest BCUT2D eigenvalue weighted by molar-refractivity contribution is 6.12. The van der Waals surface area contributed by atoms with Gasteiger partial charge in [-0.3, -0.25) is 4.79 Å². The summed E-state index contributed by atoms with van der Waals surface area (Å²) in [5.74, 6) is -0.234. The van der Waals surface area contributed by atoms with E-state index in [0.29, 0.717) is 31.4 Å². The van der Waals surface area contributed by atoms with E-state index in [1.54, 1.807) is 6.92 Å². The van der Waals surface area contributed by atoms with Crippen molar-refractivity contribution in [2.24, 2.45) is 5.16 Å². The Morgan fingerprint density at radius 1 is 1.10 bits per heavy atom. The third-order valence-electron chi connectivity index (χ3n) is 3.88. The van der Waals surface area contributed by atoms with E-state index >= 15 is 0 Å². The van der Waals surface area contributed by atoms with Crippen LogP contribution in [0.4, 0.5) is 13.2 Å². The fraction of sp³-hybridized carbons (Fsp3) is 0.400. The van der Waals surface area contributed by atoms with Gasteiger partial charge in [0.2, 0.25) is 0 Å². The van der Waals surface area contributed by atoms with Gasteiger partial charge in [-0.25, -0.2) is 9.97 Å². The summed E-state index contributed by atoms with van der Waals surface area (Å²) in [6.45, 7) is 2.38. The van der Waals surface area contributed by atoms with E-state index in [0.717, 1.165) is 18.6 Å². The Hall–Kier alpha value is -2.97. The first-order chi connectivity index (χ1) is 13.9. The third-order valence-corrected chi connectivity index (χ3v) is 3.88. The van der Waals surface area contributed by atoms with E-state index in [4.69, 9.17) is 9.57 Å². The van der Waals surface area contributed by atoms with E-state index in [2.05, 4.69) is 15.1 Å². The molecule has 0 fully saturated rings. The second-order valence-electron chi connectivity index (χ2n) is 6.09. The highest BCUT2D eigenvalue weighted by Gasteiger charge is 2.30. The van der Waals surface area contributed by atoms with Crippen molar-refractivity contribution in [3.8, 4) is 0 Å². The van der Waals surface area contributed by atoms with Gasteiger partial charge in [-0.15, -0.1) is 0 Å². The number of esters is 1. The van der Waals surface area contributed by atoms with Crippen LogP contribution in [0.25, 0.3) is 0 Å². The van der Waals surface area contributed by atoms with Crippen LogP contribution in [0.2, 0.25) is 0 Å². The molecule has 9 heteroatoms. The van der Waals surface area contributed by atoms with Crippen molar-refractivity contribution in [3.05, 3.63) is 59.7 Å². The predicted octanol–water partition coefficient (Wildman–Crippen LogP) is 4.39. The molecular weight excluding hydrogens is 387 g/mol. The lowest BCUT2D eigenvalue weighted by Crippen LogP contribution is -2.10. The lowest BCUT2D eigenvalue weighted by Gasteiger charge is -2.10. The summed E-state index contributed by atoms with van der Waals surface area (Å²) in [5, 5.41) is 4.03. The van der Waals surface area contributed by atoms with Crippen LogP contribution in [0.1, 0.15) is 49.3 Å². The summed E-state index contributed by atoms with van der Waals surface area (Å²) in [4.78, 5) is 24.4. The minimum Gasteiger partial charge on any atom is -0.466 e. The van der Waals surface area contributed by atoms with Gasteiger partial charge in [0.25, 0.3) is 0 Å². The minimum absolute atomic E-state index is 0.211. The van der Waals surface area contributed by atoms with Crippen LogP contribution in [0.5, 0.6) is 0 Å². The molecule has 0 aliphatic heterocycles. The molecule has 0 radical (unpaired) electrons. The van der Waals surface area contributed by atoms with Gasteiger partial charge in [0.15, 0.2) is 0 Å². The zero-order valence-electron chi connectivity index (χ0n) is 16.0. The molecule has 0 unspecified atom stereocenters. The molecule has 0 bridgehead atoms. The summed E-state index contributed by atoms with van der Waals surface area (Å²) < 4.78 is 44.0. The summed E-state index contributed by atoms with van der Waals surface area (Å²) >= 11 is 0. The lowest BCUT2D eigenvalue weighted by molar-refractivity contribution is -0.143. The first-order valence-corrected chi connectivity index (χ1v) is 9.20. The Bertz CT molecular complexity index is 811. The maximum atomic E-state index is 13.0. The maximum Gasteiger partial charge on any atom is 0.416 e. The SMILES string of the molecule is CCOC(=O)CCCCCO/N=C(/c1cncnc1)c1cccc(C(F)(F)F)c1. The van der Waals surface area contributed by atoms with Gasteiger partial charge in [0.1, 0.15) is 18.6 Å². The van der Waals surface area contributed by atoms with E-state index in [1.807, 2.05) is 0 Å². The number of hydrogen-bond acceptors (Lipinski definition) is 6. The summed E-state index contributed by atoms with van der Waals surface area (Å²) in [7, 11) is 0. The number of benzene rings is 1. The largest absolute Gasteiger partial charge is 0.466 e. The van der Waals surface area contributed by atoms with Crippen LogP contribution in [0.3, 0.4) is 0 Å². The molecule has 1 heterocycles. The highest BCUT2D eigenvalue weighted by Crippen LogP contribution is 2.30. The Morgan fingerprint density at radius 3 is 2.55 bits per heavy atom. The fourth-order valence-corrected chi connectivity index (χ4v) is 2.49. The number of ether oxygens (including phenoxy) is 1. The zero-order chi connectivity index (χ0) is 21.1. The van der Waals surface area contributed by atoms with Gasteiger partial charge in [-0.05, 0) is 38.3 Å². The first kappa shape index (κ1) is 22.3. The normalized spacial score (nSPS) is 11.9. The molecule has 0 aliphatic carbocycles. The van der Waals surface area contributed by atoms with Crippen molar-refractivity contribution >= 4 is 11.7 Å². The molecule has 2 rings (SSSR count). The molecule has 6 nitrogen and oxygen atoms in total. The van der Waals surface area contributed by atoms with E-state index < -0.39 is 11.7 Å². The molecule has 0 saturated carbocycles. The smallest absolute Gasteiger partial charge is 0.416 e. The molecule has 0 atom stereocenters. The average molecular weight is 409 g/mol. The topological polar surface area (TPSA) is 73.7 Å². The van der Waals surface area contributed by atoms with Gasteiger partial charge in [0, 0.05) is 29.9 Å². The monoisotopic (exact) mass is 409 g/mol. The fourth-order valence-electron chi connectivity index (χ4n) is 2.49. The van der Waals surface area contributed by atoms with E-state index in [-0.39, 0.29) is 23.9 Å². The molecule has 1 aromatic heterocycles. The quantitative estimate of drug-likeness (QED) is 0.252. The van der Waals surface area contributed by atoms with Gasteiger partial charge in [-0.1, -0.05) is 17.3 Å². The number of rotatable bonds is 10. The molecule has 0 aliphatic rings. The highest BCUT2D eigenvalue weighted by atomic mass is 19.4. The number of alkyl halides is 3. The number of oxime groups is 1. The lowest BCUT2D eigenvalue weighted by atomic mass is 10.0. The van der Waals surface area contributed by atoms with Crippen LogP contribution >= 0.6 is 0 Å². The van der Waals surface area contributed by atoms with Crippen LogP contribution < -0.4 is 0 Å². The van der Waals surface area contributed by atoms with E-state index in [1.165, 1.54) is 30.9 Å². The van der Waals surface area contributed by atoms with Crippen molar-refractivity contribution in [2.75, 3.05) is 13.2 Å². The molecule has 2 aromatic rings. The Kier molecular flexibility index (Phi) is 8.57. The molecule has 156 valence electrons. The Labute approximate surface area is 166 Å². The number of aromatic nitrogens is 2. The van der Waals surface area contributed by atoms with Crippen molar-refractivity contribution < 1.29 is 27.5 Å². The van der Waals surface area contributed by atoms with Crippen LogP contribution in [-0.2, 0) is 20.5 Å². The average Bonchev–Trinajstić information content (AvgIpc) is 2.70. The van der Waals surface area contributed by atoms with Gasteiger partial charge in [-0.2, -0.15) is 13.2 Å². The van der Waals surface area contributed by atoms with Crippen LogP contribution in [0.15, 0.2) is 48.1 Å². The van der Waals surface area contributed by atoms with Gasteiger partial charge >= 0.3 is 12.1 Å².